The second-order valence-corrected chi connectivity index (χ2v) is 6.63. The van der Waals surface area contributed by atoms with Crippen LogP contribution >= 0.6 is 0 Å². The number of nitrogens with two attached hydrogens (primary N) is 1. The first kappa shape index (κ1) is 13.4. The molecule has 3 fully saturated rings. The van der Waals surface area contributed by atoms with Gasteiger partial charge in [-0.2, -0.15) is 0 Å². The third-order valence-corrected chi connectivity index (χ3v) is 5.53. The SMILES string of the molecule is NCC1(C(=O)N2CCN3CCCCC3C2)CCCC1. The van der Waals surface area contributed by atoms with Gasteiger partial charge in [0.2, 0.25) is 5.91 Å². The van der Waals surface area contributed by atoms with Gasteiger partial charge in [0.05, 0.1) is 5.41 Å². The summed E-state index contributed by atoms with van der Waals surface area (Å²) in [4.78, 5) is 17.6. The van der Waals surface area contributed by atoms with E-state index in [1.807, 2.05) is 0 Å². The first-order chi connectivity index (χ1) is 9.25. The highest BCUT2D eigenvalue weighted by Crippen LogP contribution is 2.39. The maximum absolute atomic E-state index is 12.9. The van der Waals surface area contributed by atoms with Crippen molar-refractivity contribution in [2.75, 3.05) is 32.7 Å². The summed E-state index contributed by atoms with van der Waals surface area (Å²) in [6, 6.07) is 0.614. The summed E-state index contributed by atoms with van der Waals surface area (Å²) >= 11 is 0. The zero-order chi connectivity index (χ0) is 13.3. The Labute approximate surface area is 116 Å². The van der Waals surface area contributed by atoms with E-state index in [1.165, 1.54) is 38.6 Å². The Bertz CT molecular complexity index is 338. The largest absolute Gasteiger partial charge is 0.339 e. The number of piperazine rings is 1. The van der Waals surface area contributed by atoms with Crippen molar-refractivity contribution in [3.05, 3.63) is 0 Å². The quantitative estimate of drug-likeness (QED) is 0.816. The predicted octanol–water partition coefficient (Wildman–Crippen LogP) is 1.20. The third kappa shape index (κ3) is 2.40. The molecule has 1 unspecified atom stereocenters. The van der Waals surface area contributed by atoms with Crippen LogP contribution in [0.25, 0.3) is 0 Å². The number of carbonyl (C=O) groups excluding carboxylic acids is 1. The molecule has 1 amide bonds. The van der Waals surface area contributed by atoms with Crippen molar-refractivity contribution in [2.45, 2.75) is 51.0 Å². The molecule has 0 spiro atoms. The number of hydrogen-bond acceptors (Lipinski definition) is 3. The number of carbonyl (C=O) groups is 1. The van der Waals surface area contributed by atoms with Crippen LogP contribution < -0.4 is 5.73 Å². The van der Waals surface area contributed by atoms with Gasteiger partial charge in [0.25, 0.3) is 0 Å². The molecule has 1 aliphatic carbocycles. The summed E-state index contributed by atoms with van der Waals surface area (Å²) in [7, 11) is 0. The fraction of sp³-hybridized carbons (Fsp3) is 0.933. The van der Waals surface area contributed by atoms with Crippen LogP contribution in [0.4, 0.5) is 0 Å². The van der Waals surface area contributed by atoms with Gasteiger partial charge in [0, 0.05) is 32.2 Å². The molecule has 3 rings (SSSR count). The van der Waals surface area contributed by atoms with Gasteiger partial charge in [-0.3, -0.25) is 9.69 Å². The molecule has 2 aliphatic heterocycles. The van der Waals surface area contributed by atoms with Crippen LogP contribution in [0.2, 0.25) is 0 Å². The zero-order valence-corrected chi connectivity index (χ0v) is 11.9. The molecule has 1 atom stereocenters. The fourth-order valence-corrected chi connectivity index (χ4v) is 4.23. The Hall–Kier alpha value is -0.610. The molecule has 108 valence electrons. The number of rotatable bonds is 2. The Balaban J connectivity index is 1.67. The van der Waals surface area contributed by atoms with Gasteiger partial charge < -0.3 is 10.6 Å². The van der Waals surface area contributed by atoms with E-state index < -0.39 is 0 Å². The van der Waals surface area contributed by atoms with Crippen LogP contribution in [0.5, 0.6) is 0 Å². The van der Waals surface area contributed by atoms with Crippen molar-refractivity contribution in [1.82, 2.24) is 9.80 Å². The third-order valence-electron chi connectivity index (χ3n) is 5.53. The Morgan fingerprint density at radius 3 is 2.63 bits per heavy atom. The van der Waals surface area contributed by atoms with E-state index in [1.54, 1.807) is 0 Å². The van der Waals surface area contributed by atoms with E-state index in [4.69, 9.17) is 5.73 Å². The highest BCUT2D eigenvalue weighted by Gasteiger charge is 2.44. The Kier molecular flexibility index (Phi) is 3.81. The normalized spacial score (nSPS) is 31.2. The smallest absolute Gasteiger partial charge is 0.230 e. The molecule has 0 aromatic heterocycles. The lowest BCUT2D eigenvalue weighted by atomic mass is 9.84. The number of hydrogen-bond donors (Lipinski definition) is 1. The number of nitrogens with zero attached hydrogens (tertiary/aromatic N) is 2. The highest BCUT2D eigenvalue weighted by molar-refractivity contribution is 5.83. The minimum atomic E-state index is -0.211. The molecule has 3 aliphatic rings. The van der Waals surface area contributed by atoms with Gasteiger partial charge in [-0.15, -0.1) is 0 Å². The van der Waals surface area contributed by atoms with Gasteiger partial charge in [0.15, 0.2) is 0 Å². The molecule has 4 nitrogen and oxygen atoms in total. The minimum absolute atomic E-state index is 0.211. The molecule has 1 saturated carbocycles. The van der Waals surface area contributed by atoms with Gasteiger partial charge in [-0.1, -0.05) is 19.3 Å². The van der Waals surface area contributed by atoms with Crippen molar-refractivity contribution in [2.24, 2.45) is 11.1 Å². The summed E-state index contributed by atoms with van der Waals surface area (Å²) in [6.07, 6.45) is 8.28. The van der Waals surface area contributed by atoms with Crippen LogP contribution in [-0.4, -0.2) is 54.5 Å². The molecular formula is C15H27N3O. The molecule has 0 radical (unpaired) electrons. The van der Waals surface area contributed by atoms with E-state index in [9.17, 15) is 4.79 Å². The first-order valence-corrected chi connectivity index (χ1v) is 7.99. The van der Waals surface area contributed by atoms with Crippen molar-refractivity contribution >= 4 is 5.91 Å². The molecule has 4 heteroatoms. The van der Waals surface area contributed by atoms with Crippen LogP contribution in [0, 0.1) is 5.41 Å². The van der Waals surface area contributed by atoms with Crippen LogP contribution in [0.3, 0.4) is 0 Å². The number of fused-ring (bicyclic) bond motifs is 1. The lowest BCUT2D eigenvalue weighted by Crippen LogP contribution is -2.59. The lowest BCUT2D eigenvalue weighted by molar-refractivity contribution is -0.145. The Morgan fingerprint density at radius 2 is 1.89 bits per heavy atom. The van der Waals surface area contributed by atoms with Gasteiger partial charge in [-0.05, 0) is 32.2 Å². The summed E-state index contributed by atoms with van der Waals surface area (Å²) < 4.78 is 0. The second kappa shape index (κ2) is 5.41. The maximum Gasteiger partial charge on any atom is 0.230 e. The average Bonchev–Trinajstić information content (AvgIpc) is 2.96. The second-order valence-electron chi connectivity index (χ2n) is 6.63. The number of amides is 1. The summed E-state index contributed by atoms with van der Waals surface area (Å²) in [5.41, 5.74) is 5.74. The molecular weight excluding hydrogens is 238 g/mol. The van der Waals surface area contributed by atoms with E-state index in [-0.39, 0.29) is 5.41 Å². The molecule has 0 bridgehead atoms. The Morgan fingerprint density at radius 1 is 1.11 bits per heavy atom. The molecule has 0 aromatic rings. The van der Waals surface area contributed by atoms with E-state index >= 15 is 0 Å². The van der Waals surface area contributed by atoms with Crippen LogP contribution in [0.1, 0.15) is 44.9 Å². The lowest BCUT2D eigenvalue weighted by Gasteiger charge is -2.46. The molecule has 2 saturated heterocycles. The summed E-state index contributed by atoms with van der Waals surface area (Å²) in [6.45, 7) is 4.69. The van der Waals surface area contributed by atoms with E-state index in [0.717, 1.165) is 32.5 Å². The molecule has 2 heterocycles. The van der Waals surface area contributed by atoms with Crippen LogP contribution in [0.15, 0.2) is 0 Å². The average molecular weight is 265 g/mol. The first-order valence-electron chi connectivity index (χ1n) is 7.99. The van der Waals surface area contributed by atoms with Crippen molar-refractivity contribution in [1.29, 1.82) is 0 Å². The van der Waals surface area contributed by atoms with Gasteiger partial charge in [-0.25, -0.2) is 0 Å². The predicted molar refractivity (Wildman–Crippen MR) is 75.7 cm³/mol. The highest BCUT2D eigenvalue weighted by atomic mass is 16.2. The van der Waals surface area contributed by atoms with Gasteiger partial charge in [0.1, 0.15) is 0 Å². The summed E-state index contributed by atoms with van der Waals surface area (Å²) in [5.74, 6) is 0.359. The van der Waals surface area contributed by atoms with Crippen LogP contribution in [-0.2, 0) is 4.79 Å². The molecule has 19 heavy (non-hydrogen) atoms. The van der Waals surface area contributed by atoms with Crippen molar-refractivity contribution in [3.63, 3.8) is 0 Å². The van der Waals surface area contributed by atoms with Crippen molar-refractivity contribution in [3.8, 4) is 0 Å². The zero-order valence-electron chi connectivity index (χ0n) is 11.9. The fourth-order valence-electron chi connectivity index (χ4n) is 4.23. The van der Waals surface area contributed by atoms with E-state index in [0.29, 0.717) is 18.5 Å². The standard InChI is InChI=1S/C15H27N3O/c16-12-15(6-2-3-7-15)14(19)18-10-9-17-8-4-1-5-13(17)11-18/h13H,1-12,16H2. The topological polar surface area (TPSA) is 49.6 Å². The van der Waals surface area contributed by atoms with Crippen molar-refractivity contribution < 1.29 is 4.79 Å². The maximum atomic E-state index is 12.9. The van der Waals surface area contributed by atoms with Gasteiger partial charge >= 0.3 is 0 Å². The van der Waals surface area contributed by atoms with E-state index in [2.05, 4.69) is 9.80 Å². The monoisotopic (exact) mass is 265 g/mol. The summed E-state index contributed by atoms with van der Waals surface area (Å²) in [5, 5.41) is 0. The molecule has 0 aromatic carbocycles. The number of piperidine rings is 1. The minimum Gasteiger partial charge on any atom is -0.339 e. The molecule has 2 N–H and O–H groups in total.